The standard InChI is InChI=1S/C14H11FN2O4/c15-10-5-9(6-16-7-10)14(20)17-11-1-3-12(4-2-11)21-8-13(18)19/h1-7H,8H2,(H,17,20)(H,18,19). The van der Waals surface area contributed by atoms with Gasteiger partial charge in [-0.2, -0.15) is 0 Å². The van der Waals surface area contributed by atoms with Crippen LogP contribution in [0.15, 0.2) is 42.7 Å². The van der Waals surface area contributed by atoms with E-state index in [0.717, 1.165) is 12.3 Å². The molecule has 2 N–H and O–H groups in total. The van der Waals surface area contributed by atoms with Crippen LogP contribution < -0.4 is 10.1 Å². The summed E-state index contributed by atoms with van der Waals surface area (Å²) in [4.78, 5) is 25.8. The normalized spacial score (nSPS) is 9.95. The lowest BCUT2D eigenvalue weighted by molar-refractivity contribution is -0.139. The van der Waals surface area contributed by atoms with E-state index in [-0.39, 0.29) is 5.56 Å². The number of carbonyl (C=O) groups is 2. The van der Waals surface area contributed by atoms with E-state index >= 15 is 0 Å². The summed E-state index contributed by atoms with van der Waals surface area (Å²) in [5.41, 5.74) is 0.563. The smallest absolute Gasteiger partial charge is 0.341 e. The molecule has 2 rings (SSSR count). The SMILES string of the molecule is O=C(O)COc1ccc(NC(=O)c2cncc(F)c2)cc1. The molecule has 0 aliphatic carbocycles. The van der Waals surface area contributed by atoms with Crippen LogP contribution in [-0.2, 0) is 4.79 Å². The highest BCUT2D eigenvalue weighted by Crippen LogP contribution is 2.16. The van der Waals surface area contributed by atoms with Crippen molar-refractivity contribution in [1.29, 1.82) is 0 Å². The van der Waals surface area contributed by atoms with Crippen molar-refractivity contribution < 1.29 is 23.8 Å². The van der Waals surface area contributed by atoms with Crippen LogP contribution in [0.2, 0.25) is 0 Å². The molecule has 0 radical (unpaired) electrons. The highest BCUT2D eigenvalue weighted by atomic mass is 19.1. The molecule has 0 aliphatic rings. The minimum Gasteiger partial charge on any atom is -0.482 e. The Bertz CT molecular complexity index is 658. The van der Waals surface area contributed by atoms with Crippen LogP contribution in [0, 0.1) is 5.82 Å². The van der Waals surface area contributed by atoms with Gasteiger partial charge in [-0.3, -0.25) is 9.78 Å². The lowest BCUT2D eigenvalue weighted by Gasteiger charge is -2.07. The van der Waals surface area contributed by atoms with Gasteiger partial charge in [-0.05, 0) is 30.3 Å². The average Bonchev–Trinajstić information content (AvgIpc) is 2.46. The number of amides is 1. The summed E-state index contributed by atoms with van der Waals surface area (Å²) in [6.07, 6.45) is 2.26. The maximum atomic E-state index is 13.0. The van der Waals surface area contributed by atoms with E-state index in [1.54, 1.807) is 12.1 Å². The summed E-state index contributed by atoms with van der Waals surface area (Å²) in [5.74, 6) is -1.81. The van der Waals surface area contributed by atoms with Gasteiger partial charge < -0.3 is 15.2 Å². The largest absolute Gasteiger partial charge is 0.482 e. The van der Waals surface area contributed by atoms with Crippen molar-refractivity contribution in [2.45, 2.75) is 0 Å². The van der Waals surface area contributed by atoms with Gasteiger partial charge in [0.25, 0.3) is 5.91 Å². The van der Waals surface area contributed by atoms with E-state index in [4.69, 9.17) is 9.84 Å². The van der Waals surface area contributed by atoms with Crippen LogP contribution in [0.5, 0.6) is 5.75 Å². The summed E-state index contributed by atoms with van der Waals surface area (Å²) in [6, 6.07) is 7.20. The number of pyridine rings is 1. The van der Waals surface area contributed by atoms with E-state index < -0.39 is 24.3 Å². The molecule has 0 aliphatic heterocycles. The quantitative estimate of drug-likeness (QED) is 0.878. The van der Waals surface area contributed by atoms with Gasteiger partial charge in [0.1, 0.15) is 11.6 Å². The highest BCUT2D eigenvalue weighted by Gasteiger charge is 2.08. The van der Waals surface area contributed by atoms with E-state index in [9.17, 15) is 14.0 Å². The first-order valence-electron chi connectivity index (χ1n) is 5.91. The number of carbonyl (C=O) groups excluding carboxylic acids is 1. The van der Waals surface area contributed by atoms with E-state index in [1.165, 1.54) is 18.3 Å². The van der Waals surface area contributed by atoms with Gasteiger partial charge in [0, 0.05) is 11.9 Å². The van der Waals surface area contributed by atoms with Crippen molar-refractivity contribution in [2.75, 3.05) is 11.9 Å². The summed E-state index contributed by atoms with van der Waals surface area (Å²) in [7, 11) is 0. The molecule has 1 aromatic heterocycles. The summed E-state index contributed by atoms with van der Waals surface area (Å²) in [5, 5.41) is 11.0. The third-order valence-corrected chi connectivity index (χ3v) is 2.44. The molecule has 0 saturated heterocycles. The Hall–Kier alpha value is -2.96. The third kappa shape index (κ3) is 4.27. The monoisotopic (exact) mass is 290 g/mol. The second-order valence-corrected chi connectivity index (χ2v) is 4.05. The number of carboxylic acids is 1. The van der Waals surface area contributed by atoms with E-state index in [1.807, 2.05) is 0 Å². The van der Waals surface area contributed by atoms with Crippen molar-refractivity contribution in [3.05, 3.63) is 54.1 Å². The number of rotatable bonds is 5. The van der Waals surface area contributed by atoms with Crippen LogP contribution in [0.4, 0.5) is 10.1 Å². The fourth-order valence-corrected chi connectivity index (χ4v) is 1.52. The number of hydrogen-bond acceptors (Lipinski definition) is 4. The van der Waals surface area contributed by atoms with E-state index in [0.29, 0.717) is 11.4 Å². The van der Waals surface area contributed by atoms with Crippen molar-refractivity contribution >= 4 is 17.6 Å². The molecule has 21 heavy (non-hydrogen) atoms. The van der Waals surface area contributed by atoms with Gasteiger partial charge in [-0.1, -0.05) is 0 Å². The van der Waals surface area contributed by atoms with Gasteiger partial charge >= 0.3 is 5.97 Å². The number of aliphatic carboxylic acids is 1. The third-order valence-electron chi connectivity index (χ3n) is 2.44. The van der Waals surface area contributed by atoms with Crippen LogP contribution in [-0.4, -0.2) is 28.6 Å². The Morgan fingerprint density at radius 3 is 2.57 bits per heavy atom. The second kappa shape index (κ2) is 6.47. The Kier molecular flexibility index (Phi) is 4.45. The zero-order valence-electron chi connectivity index (χ0n) is 10.7. The lowest BCUT2D eigenvalue weighted by Crippen LogP contribution is -2.12. The molecule has 7 heteroatoms. The number of halogens is 1. The number of nitrogens with one attached hydrogen (secondary N) is 1. The molecule has 1 aromatic carbocycles. The number of anilines is 1. The first-order valence-corrected chi connectivity index (χ1v) is 5.91. The molecule has 0 fully saturated rings. The number of carboxylic acid groups (broad SMARTS) is 1. The number of aromatic nitrogens is 1. The Morgan fingerprint density at radius 1 is 1.24 bits per heavy atom. The molecule has 0 spiro atoms. The summed E-state index contributed by atoms with van der Waals surface area (Å²) >= 11 is 0. The minimum atomic E-state index is -1.08. The average molecular weight is 290 g/mol. The number of ether oxygens (including phenoxy) is 1. The van der Waals surface area contributed by atoms with Crippen molar-refractivity contribution in [1.82, 2.24) is 4.98 Å². The predicted octanol–water partition coefficient (Wildman–Crippen LogP) is 1.94. The highest BCUT2D eigenvalue weighted by molar-refractivity contribution is 6.04. The van der Waals surface area contributed by atoms with Crippen molar-refractivity contribution in [2.24, 2.45) is 0 Å². The number of hydrogen-bond donors (Lipinski definition) is 2. The lowest BCUT2D eigenvalue weighted by atomic mass is 10.2. The first kappa shape index (κ1) is 14.4. The molecule has 0 atom stereocenters. The summed E-state index contributed by atoms with van der Waals surface area (Å²) < 4.78 is 17.9. The zero-order valence-corrected chi connectivity index (χ0v) is 10.7. The number of nitrogens with zero attached hydrogens (tertiary/aromatic N) is 1. The van der Waals surface area contributed by atoms with Crippen LogP contribution >= 0.6 is 0 Å². The predicted molar refractivity (Wildman–Crippen MR) is 71.7 cm³/mol. The van der Waals surface area contributed by atoms with Gasteiger partial charge in [0.05, 0.1) is 11.8 Å². The number of benzene rings is 1. The first-order chi connectivity index (χ1) is 10.0. The fourth-order valence-electron chi connectivity index (χ4n) is 1.52. The second-order valence-electron chi connectivity index (χ2n) is 4.05. The molecule has 108 valence electrons. The van der Waals surface area contributed by atoms with Gasteiger partial charge in [0.2, 0.25) is 0 Å². The summed E-state index contributed by atoms with van der Waals surface area (Å²) in [6.45, 7) is -0.444. The van der Waals surface area contributed by atoms with E-state index in [2.05, 4.69) is 10.3 Å². The fraction of sp³-hybridized carbons (Fsp3) is 0.0714. The molecule has 1 amide bonds. The van der Waals surface area contributed by atoms with Gasteiger partial charge in [-0.25, -0.2) is 9.18 Å². The van der Waals surface area contributed by atoms with Gasteiger partial charge in [0.15, 0.2) is 6.61 Å². The maximum absolute atomic E-state index is 13.0. The molecule has 0 saturated carbocycles. The molecule has 1 heterocycles. The van der Waals surface area contributed by atoms with Crippen molar-refractivity contribution in [3.8, 4) is 5.75 Å². The molecule has 0 unspecified atom stereocenters. The minimum absolute atomic E-state index is 0.0983. The molecular formula is C14H11FN2O4. The molecule has 6 nitrogen and oxygen atoms in total. The van der Waals surface area contributed by atoms with Crippen LogP contribution in [0.1, 0.15) is 10.4 Å². The van der Waals surface area contributed by atoms with Crippen LogP contribution in [0.3, 0.4) is 0 Å². The maximum Gasteiger partial charge on any atom is 0.341 e. The van der Waals surface area contributed by atoms with Gasteiger partial charge in [-0.15, -0.1) is 0 Å². The Morgan fingerprint density at radius 2 is 1.95 bits per heavy atom. The van der Waals surface area contributed by atoms with Crippen LogP contribution in [0.25, 0.3) is 0 Å². The Balaban J connectivity index is 2.00. The van der Waals surface area contributed by atoms with Crippen molar-refractivity contribution in [3.63, 3.8) is 0 Å². The molecule has 0 bridgehead atoms. The molecular weight excluding hydrogens is 279 g/mol. The Labute approximate surface area is 119 Å². The molecule has 2 aromatic rings. The zero-order chi connectivity index (χ0) is 15.2. The topological polar surface area (TPSA) is 88.5 Å².